The summed E-state index contributed by atoms with van der Waals surface area (Å²) in [5.41, 5.74) is 5.67. The van der Waals surface area contributed by atoms with Crippen LogP contribution in [0.25, 0.3) is 0 Å². The first-order chi connectivity index (χ1) is 5.96. The molecule has 0 aliphatic carbocycles. The molecule has 1 aromatic rings. The Hall–Kier alpha value is -1.40. The summed E-state index contributed by atoms with van der Waals surface area (Å²) in [6, 6.07) is 6.30. The van der Waals surface area contributed by atoms with Crippen molar-refractivity contribution in [3.05, 3.63) is 35.1 Å². The first-order valence-corrected chi connectivity index (χ1v) is 3.95. The summed E-state index contributed by atoms with van der Waals surface area (Å²) in [5.74, 6) is -0.515. The monoisotopic (exact) mass is 178 g/mol. The molecule has 0 radical (unpaired) electrons. The van der Waals surface area contributed by atoms with E-state index < -0.39 is 11.4 Å². The lowest BCUT2D eigenvalue weighted by molar-refractivity contribution is 0.540. The van der Waals surface area contributed by atoms with Crippen LogP contribution in [-0.4, -0.2) is 0 Å². The standard InChI is InChI=1S/C10H11FN2/c1-10(2,13)8-4-3-5-9(11)7(8)6-12/h3-5H,13H2,1-2H3. The second kappa shape index (κ2) is 3.15. The zero-order valence-electron chi connectivity index (χ0n) is 7.63. The molecular formula is C10H11FN2. The quantitative estimate of drug-likeness (QED) is 0.713. The minimum absolute atomic E-state index is 0.0370. The van der Waals surface area contributed by atoms with Crippen LogP contribution in [0.1, 0.15) is 25.0 Å². The molecule has 0 fully saturated rings. The van der Waals surface area contributed by atoms with Crippen LogP contribution < -0.4 is 5.73 Å². The summed E-state index contributed by atoms with van der Waals surface area (Å²) in [6.07, 6.45) is 0. The molecule has 0 atom stereocenters. The maximum atomic E-state index is 13.1. The van der Waals surface area contributed by atoms with Gasteiger partial charge in [0, 0.05) is 5.54 Å². The lowest BCUT2D eigenvalue weighted by Crippen LogP contribution is -2.30. The minimum atomic E-state index is -0.687. The first-order valence-electron chi connectivity index (χ1n) is 3.95. The number of halogens is 1. The fourth-order valence-corrected chi connectivity index (χ4v) is 1.17. The molecule has 3 heteroatoms. The van der Waals surface area contributed by atoms with Gasteiger partial charge in [0.05, 0.1) is 5.56 Å². The van der Waals surface area contributed by atoms with Crippen LogP contribution in [0, 0.1) is 17.1 Å². The molecule has 13 heavy (non-hydrogen) atoms. The van der Waals surface area contributed by atoms with Gasteiger partial charge in [-0.15, -0.1) is 0 Å². The largest absolute Gasteiger partial charge is 0.322 e. The molecule has 0 unspecified atom stereocenters. The number of hydrogen-bond acceptors (Lipinski definition) is 2. The molecule has 0 bridgehead atoms. The second-order valence-corrected chi connectivity index (χ2v) is 3.50. The maximum absolute atomic E-state index is 13.1. The smallest absolute Gasteiger partial charge is 0.141 e. The number of nitrogens with zero attached hydrogens (tertiary/aromatic N) is 1. The second-order valence-electron chi connectivity index (χ2n) is 3.50. The van der Waals surface area contributed by atoms with E-state index in [4.69, 9.17) is 11.0 Å². The Morgan fingerprint density at radius 2 is 2.08 bits per heavy atom. The number of nitrogens with two attached hydrogens (primary N) is 1. The van der Waals surface area contributed by atoms with Gasteiger partial charge in [-0.1, -0.05) is 12.1 Å². The Bertz CT molecular complexity index is 358. The third-order valence-corrected chi connectivity index (χ3v) is 1.82. The Labute approximate surface area is 76.8 Å². The highest BCUT2D eigenvalue weighted by Gasteiger charge is 2.20. The van der Waals surface area contributed by atoms with Gasteiger partial charge in [-0.3, -0.25) is 0 Å². The van der Waals surface area contributed by atoms with E-state index >= 15 is 0 Å². The molecule has 2 N–H and O–H groups in total. The fourth-order valence-electron chi connectivity index (χ4n) is 1.17. The van der Waals surface area contributed by atoms with Gasteiger partial charge in [0.15, 0.2) is 0 Å². The number of rotatable bonds is 1. The molecule has 0 aliphatic rings. The highest BCUT2D eigenvalue weighted by molar-refractivity contribution is 5.42. The van der Waals surface area contributed by atoms with Crippen molar-refractivity contribution in [1.82, 2.24) is 0 Å². The molecule has 0 saturated heterocycles. The Morgan fingerprint density at radius 1 is 1.46 bits per heavy atom. The van der Waals surface area contributed by atoms with Crippen molar-refractivity contribution in [1.29, 1.82) is 5.26 Å². The summed E-state index contributed by atoms with van der Waals surface area (Å²) in [5, 5.41) is 8.72. The highest BCUT2D eigenvalue weighted by atomic mass is 19.1. The van der Waals surface area contributed by atoms with E-state index in [2.05, 4.69) is 0 Å². The molecule has 2 nitrogen and oxygen atoms in total. The highest BCUT2D eigenvalue weighted by Crippen LogP contribution is 2.22. The molecule has 0 amide bonds. The van der Waals surface area contributed by atoms with Gasteiger partial charge < -0.3 is 5.73 Å². The topological polar surface area (TPSA) is 49.8 Å². The number of benzene rings is 1. The Morgan fingerprint density at radius 3 is 2.46 bits per heavy atom. The molecule has 68 valence electrons. The Balaban J connectivity index is 3.40. The third-order valence-electron chi connectivity index (χ3n) is 1.82. The van der Waals surface area contributed by atoms with E-state index in [0.717, 1.165) is 0 Å². The molecule has 0 saturated carbocycles. The van der Waals surface area contributed by atoms with Crippen LogP contribution in [-0.2, 0) is 5.54 Å². The van der Waals surface area contributed by atoms with Gasteiger partial charge in [0.25, 0.3) is 0 Å². The number of hydrogen-bond donors (Lipinski definition) is 1. The normalized spacial score (nSPS) is 11.0. The molecular weight excluding hydrogens is 167 g/mol. The van der Waals surface area contributed by atoms with Gasteiger partial charge in [-0.05, 0) is 25.5 Å². The lowest BCUT2D eigenvalue weighted by atomic mass is 9.91. The minimum Gasteiger partial charge on any atom is -0.322 e. The summed E-state index contributed by atoms with van der Waals surface area (Å²) in [4.78, 5) is 0. The van der Waals surface area contributed by atoms with Crippen LogP contribution in [0.5, 0.6) is 0 Å². The first kappa shape index (κ1) is 9.69. The molecule has 0 spiro atoms. The van der Waals surface area contributed by atoms with Crippen LogP contribution in [0.4, 0.5) is 4.39 Å². The van der Waals surface area contributed by atoms with Crippen molar-refractivity contribution in [3.63, 3.8) is 0 Å². The molecule has 1 aromatic carbocycles. The van der Waals surface area contributed by atoms with Crippen LogP contribution in [0.15, 0.2) is 18.2 Å². The van der Waals surface area contributed by atoms with Crippen molar-refractivity contribution in [2.45, 2.75) is 19.4 Å². The average molecular weight is 178 g/mol. The predicted molar refractivity (Wildman–Crippen MR) is 48.3 cm³/mol. The molecule has 0 aromatic heterocycles. The lowest BCUT2D eigenvalue weighted by Gasteiger charge is -2.20. The fraction of sp³-hybridized carbons (Fsp3) is 0.300. The average Bonchev–Trinajstić information content (AvgIpc) is 2.02. The van der Waals surface area contributed by atoms with E-state index in [0.29, 0.717) is 5.56 Å². The zero-order valence-corrected chi connectivity index (χ0v) is 7.63. The van der Waals surface area contributed by atoms with Gasteiger partial charge in [-0.2, -0.15) is 5.26 Å². The summed E-state index contributed by atoms with van der Waals surface area (Å²) in [6.45, 7) is 3.48. The van der Waals surface area contributed by atoms with E-state index in [-0.39, 0.29) is 5.56 Å². The molecule has 1 rings (SSSR count). The third kappa shape index (κ3) is 1.85. The number of nitriles is 1. The van der Waals surface area contributed by atoms with Crippen molar-refractivity contribution in [2.24, 2.45) is 5.73 Å². The molecule has 0 aliphatic heterocycles. The summed E-state index contributed by atoms with van der Waals surface area (Å²) in [7, 11) is 0. The molecule has 0 heterocycles. The van der Waals surface area contributed by atoms with Gasteiger partial charge in [0.2, 0.25) is 0 Å². The Kier molecular flexibility index (Phi) is 2.35. The zero-order chi connectivity index (χ0) is 10.1. The van der Waals surface area contributed by atoms with E-state index in [1.807, 2.05) is 6.07 Å². The van der Waals surface area contributed by atoms with Crippen molar-refractivity contribution in [2.75, 3.05) is 0 Å². The van der Waals surface area contributed by atoms with E-state index in [1.165, 1.54) is 6.07 Å². The summed E-state index contributed by atoms with van der Waals surface area (Å²) < 4.78 is 13.1. The summed E-state index contributed by atoms with van der Waals surface area (Å²) >= 11 is 0. The predicted octanol–water partition coefficient (Wildman–Crippen LogP) is 1.89. The van der Waals surface area contributed by atoms with Gasteiger partial charge >= 0.3 is 0 Å². The van der Waals surface area contributed by atoms with Crippen molar-refractivity contribution < 1.29 is 4.39 Å². The van der Waals surface area contributed by atoms with Gasteiger partial charge in [-0.25, -0.2) is 4.39 Å². The van der Waals surface area contributed by atoms with E-state index in [9.17, 15) is 4.39 Å². The van der Waals surface area contributed by atoms with Crippen LogP contribution >= 0.6 is 0 Å². The SMILES string of the molecule is CC(C)(N)c1cccc(F)c1C#N. The van der Waals surface area contributed by atoms with Crippen molar-refractivity contribution >= 4 is 0 Å². The van der Waals surface area contributed by atoms with Crippen LogP contribution in [0.2, 0.25) is 0 Å². The maximum Gasteiger partial charge on any atom is 0.141 e. The van der Waals surface area contributed by atoms with Crippen molar-refractivity contribution in [3.8, 4) is 6.07 Å². The van der Waals surface area contributed by atoms with Crippen LogP contribution in [0.3, 0.4) is 0 Å². The van der Waals surface area contributed by atoms with E-state index in [1.54, 1.807) is 26.0 Å². The van der Waals surface area contributed by atoms with Gasteiger partial charge in [0.1, 0.15) is 11.9 Å².